The molecule has 1 aromatic carbocycles. The molecule has 16 heavy (non-hydrogen) atoms. The third kappa shape index (κ3) is 1.89. The zero-order chi connectivity index (χ0) is 11.5. The number of benzene rings is 1. The first-order valence-electron chi connectivity index (χ1n) is 5.53. The number of aryl methyl sites for hydroxylation is 1. The molecular weight excluding hydrogens is 220 g/mol. The summed E-state index contributed by atoms with van der Waals surface area (Å²) in [6.45, 7) is 5.69. The summed E-state index contributed by atoms with van der Waals surface area (Å²) in [5, 5.41) is 0. The van der Waals surface area contributed by atoms with Crippen molar-refractivity contribution in [2.75, 3.05) is 6.61 Å². The topological polar surface area (TPSA) is 27.1 Å². The highest BCUT2D eigenvalue weighted by atomic mass is 32.1. The van der Waals surface area contributed by atoms with Gasteiger partial charge in [0.1, 0.15) is 11.6 Å². The van der Waals surface area contributed by atoms with E-state index in [1.54, 1.807) is 0 Å². The molecule has 0 bridgehead atoms. The van der Waals surface area contributed by atoms with Gasteiger partial charge in [-0.25, -0.2) is 4.98 Å². The molecule has 0 aliphatic carbocycles. The van der Waals surface area contributed by atoms with Gasteiger partial charge in [0.15, 0.2) is 0 Å². The molecule has 4 heteroatoms. The molecule has 2 aromatic rings. The smallest absolute Gasteiger partial charge is 0.121 e. The van der Waals surface area contributed by atoms with Gasteiger partial charge >= 0.3 is 0 Å². The van der Waals surface area contributed by atoms with E-state index in [4.69, 9.17) is 4.74 Å². The first-order chi connectivity index (χ1) is 7.80. The normalized spacial score (nSPS) is 10.9. The highest BCUT2D eigenvalue weighted by molar-refractivity contribution is 7.79. The zero-order valence-corrected chi connectivity index (χ0v) is 10.5. The minimum Gasteiger partial charge on any atom is -0.494 e. The second kappa shape index (κ2) is 4.78. The summed E-state index contributed by atoms with van der Waals surface area (Å²) in [5.41, 5.74) is 2.13. The Hall–Kier alpha value is -1.16. The van der Waals surface area contributed by atoms with Crippen LogP contribution in [0.4, 0.5) is 0 Å². The number of hydrogen-bond donors (Lipinski definition) is 1. The lowest BCUT2D eigenvalue weighted by molar-refractivity contribution is 0.340. The van der Waals surface area contributed by atoms with Crippen LogP contribution in [0.5, 0.6) is 5.75 Å². The van der Waals surface area contributed by atoms with Gasteiger partial charge in [-0.15, -0.1) is 0 Å². The molecule has 0 spiro atoms. The fourth-order valence-electron chi connectivity index (χ4n) is 1.89. The number of nitrogens with zero attached hydrogens (tertiary/aromatic N) is 2. The molecule has 0 aliphatic heterocycles. The fourth-order valence-corrected chi connectivity index (χ4v) is 2.13. The Morgan fingerprint density at radius 1 is 1.38 bits per heavy atom. The summed E-state index contributed by atoms with van der Waals surface area (Å²) in [6, 6.07) is 6.03. The highest BCUT2D eigenvalue weighted by Gasteiger charge is 2.08. The predicted molar refractivity (Wildman–Crippen MR) is 69.3 cm³/mol. The van der Waals surface area contributed by atoms with Crippen molar-refractivity contribution >= 4 is 23.7 Å². The Labute approximate surface area is 101 Å². The molecule has 0 fully saturated rings. The lowest BCUT2D eigenvalue weighted by Gasteiger charge is -2.04. The van der Waals surface area contributed by atoms with Crippen molar-refractivity contribution in [3.63, 3.8) is 0 Å². The van der Waals surface area contributed by atoms with Crippen LogP contribution >= 0.6 is 12.6 Å². The molecule has 0 N–H and O–H groups in total. The second-order valence-corrected chi connectivity index (χ2v) is 3.83. The van der Waals surface area contributed by atoms with Crippen LogP contribution in [0, 0.1) is 0 Å². The van der Waals surface area contributed by atoms with Crippen molar-refractivity contribution < 1.29 is 4.74 Å². The van der Waals surface area contributed by atoms with E-state index in [1.165, 1.54) is 0 Å². The number of fused-ring (bicyclic) bond motifs is 1. The van der Waals surface area contributed by atoms with Crippen molar-refractivity contribution in [1.82, 2.24) is 9.55 Å². The van der Waals surface area contributed by atoms with E-state index in [0.717, 1.165) is 29.2 Å². The van der Waals surface area contributed by atoms with Gasteiger partial charge in [0.05, 0.1) is 17.6 Å². The SMILES string of the molecule is CCOc1ccc2c(c1)nc(CS)n2CC. The van der Waals surface area contributed by atoms with Crippen LogP contribution in [0.1, 0.15) is 19.7 Å². The number of imidazole rings is 1. The molecule has 86 valence electrons. The fraction of sp³-hybridized carbons (Fsp3) is 0.417. The van der Waals surface area contributed by atoms with Crippen LogP contribution in [-0.4, -0.2) is 16.2 Å². The molecule has 1 aromatic heterocycles. The monoisotopic (exact) mass is 236 g/mol. The van der Waals surface area contributed by atoms with Crippen LogP contribution in [0.3, 0.4) is 0 Å². The van der Waals surface area contributed by atoms with Crippen molar-refractivity contribution in [1.29, 1.82) is 0 Å². The first kappa shape index (κ1) is 11.3. The third-order valence-electron chi connectivity index (χ3n) is 2.57. The lowest BCUT2D eigenvalue weighted by Crippen LogP contribution is -1.98. The van der Waals surface area contributed by atoms with Crippen molar-refractivity contribution in [2.24, 2.45) is 0 Å². The molecule has 0 radical (unpaired) electrons. The highest BCUT2D eigenvalue weighted by Crippen LogP contribution is 2.22. The molecular formula is C12H16N2OS. The van der Waals surface area contributed by atoms with E-state index in [0.29, 0.717) is 12.4 Å². The summed E-state index contributed by atoms with van der Waals surface area (Å²) in [7, 11) is 0. The lowest BCUT2D eigenvalue weighted by atomic mass is 10.3. The quantitative estimate of drug-likeness (QED) is 0.826. The van der Waals surface area contributed by atoms with Gasteiger partial charge in [-0.05, 0) is 26.0 Å². The van der Waals surface area contributed by atoms with Gasteiger partial charge in [-0.3, -0.25) is 0 Å². The van der Waals surface area contributed by atoms with E-state index < -0.39 is 0 Å². The van der Waals surface area contributed by atoms with E-state index in [2.05, 4.69) is 35.2 Å². The molecule has 0 saturated heterocycles. The van der Waals surface area contributed by atoms with Crippen molar-refractivity contribution in [3.05, 3.63) is 24.0 Å². The molecule has 0 aliphatic rings. The minimum absolute atomic E-state index is 0.659. The van der Waals surface area contributed by atoms with Crippen LogP contribution in [0.25, 0.3) is 11.0 Å². The summed E-state index contributed by atoms with van der Waals surface area (Å²) in [6.07, 6.45) is 0. The van der Waals surface area contributed by atoms with Crippen LogP contribution in [-0.2, 0) is 12.3 Å². The summed E-state index contributed by atoms with van der Waals surface area (Å²) in [4.78, 5) is 4.55. The van der Waals surface area contributed by atoms with E-state index in [1.807, 2.05) is 19.1 Å². The Balaban J connectivity index is 2.54. The predicted octanol–water partition coefficient (Wildman–Crippen LogP) is 2.88. The van der Waals surface area contributed by atoms with E-state index >= 15 is 0 Å². The number of hydrogen-bond acceptors (Lipinski definition) is 3. The Kier molecular flexibility index (Phi) is 3.39. The van der Waals surface area contributed by atoms with Crippen LogP contribution < -0.4 is 4.74 Å². The molecule has 0 amide bonds. The number of ether oxygens (including phenoxy) is 1. The van der Waals surface area contributed by atoms with Crippen molar-refractivity contribution in [3.8, 4) is 5.75 Å². The van der Waals surface area contributed by atoms with Crippen LogP contribution in [0.2, 0.25) is 0 Å². The maximum absolute atomic E-state index is 5.46. The van der Waals surface area contributed by atoms with E-state index in [-0.39, 0.29) is 0 Å². The number of thiol groups is 1. The molecule has 0 unspecified atom stereocenters. The summed E-state index contributed by atoms with van der Waals surface area (Å²) < 4.78 is 7.64. The molecule has 0 atom stereocenters. The number of rotatable bonds is 4. The zero-order valence-electron chi connectivity index (χ0n) is 9.60. The standard InChI is InChI=1S/C12H16N2OS/c1-3-14-11-6-5-9(15-4-2)7-10(11)13-12(14)8-16/h5-7,16H,3-4,8H2,1-2H3. The molecule has 1 heterocycles. The van der Waals surface area contributed by atoms with E-state index in [9.17, 15) is 0 Å². The molecule has 2 rings (SSSR count). The van der Waals surface area contributed by atoms with Gasteiger partial charge in [0.2, 0.25) is 0 Å². The molecule has 3 nitrogen and oxygen atoms in total. The van der Waals surface area contributed by atoms with Crippen LogP contribution in [0.15, 0.2) is 18.2 Å². The largest absolute Gasteiger partial charge is 0.494 e. The van der Waals surface area contributed by atoms with Gasteiger partial charge in [-0.2, -0.15) is 12.6 Å². The molecule has 0 saturated carbocycles. The first-order valence-corrected chi connectivity index (χ1v) is 6.16. The Morgan fingerprint density at radius 3 is 2.81 bits per heavy atom. The van der Waals surface area contributed by atoms with Gasteiger partial charge < -0.3 is 9.30 Å². The average molecular weight is 236 g/mol. The van der Waals surface area contributed by atoms with Gasteiger partial charge in [-0.1, -0.05) is 0 Å². The summed E-state index contributed by atoms with van der Waals surface area (Å²) >= 11 is 4.30. The Morgan fingerprint density at radius 2 is 2.19 bits per heavy atom. The maximum Gasteiger partial charge on any atom is 0.121 e. The second-order valence-electron chi connectivity index (χ2n) is 3.51. The van der Waals surface area contributed by atoms with Gasteiger partial charge in [0, 0.05) is 18.4 Å². The Bertz CT molecular complexity index is 493. The average Bonchev–Trinajstić information content (AvgIpc) is 2.66. The van der Waals surface area contributed by atoms with Crippen molar-refractivity contribution in [2.45, 2.75) is 26.1 Å². The summed E-state index contributed by atoms with van der Waals surface area (Å²) in [5.74, 6) is 2.54. The maximum atomic E-state index is 5.46. The number of aromatic nitrogens is 2. The minimum atomic E-state index is 0.659. The van der Waals surface area contributed by atoms with Gasteiger partial charge in [0.25, 0.3) is 0 Å². The third-order valence-corrected chi connectivity index (χ3v) is 2.85.